The number of nitrogens with one attached hydrogen (secondary N) is 3. The molecular formula is C20H19FN4O4S. The Morgan fingerprint density at radius 2 is 1.97 bits per heavy atom. The molecule has 1 aromatic carbocycles. The van der Waals surface area contributed by atoms with E-state index in [1.165, 1.54) is 36.5 Å². The van der Waals surface area contributed by atoms with Gasteiger partial charge in [0.05, 0.1) is 19.5 Å². The molecule has 0 saturated heterocycles. The maximum Gasteiger partial charge on any atom is 0.245 e. The molecule has 3 rings (SSSR count). The molecule has 8 nitrogen and oxygen atoms in total. The van der Waals surface area contributed by atoms with Crippen molar-refractivity contribution in [3.63, 3.8) is 0 Å². The van der Waals surface area contributed by atoms with Crippen molar-refractivity contribution in [2.45, 2.75) is 19.9 Å². The van der Waals surface area contributed by atoms with Crippen molar-refractivity contribution in [2.75, 3.05) is 11.9 Å². The van der Waals surface area contributed by atoms with Gasteiger partial charge in [-0.05, 0) is 29.8 Å². The van der Waals surface area contributed by atoms with Crippen molar-refractivity contribution >= 4 is 34.2 Å². The number of halogens is 1. The standard InChI is InChI=1S/C20H19FN4O4S/c1-12(26)22-9-15-5-6-17(29-15)16-11-30-20(24-16)25-19(28)10-23-18(27)8-13-3-2-4-14(21)7-13/h2-7,11H,8-10H2,1H3,(H,22,26)(H,23,27)(H,24,25,28). The highest BCUT2D eigenvalue weighted by Gasteiger charge is 2.12. The van der Waals surface area contributed by atoms with Crippen LogP contribution in [0.3, 0.4) is 0 Å². The van der Waals surface area contributed by atoms with Gasteiger partial charge in [0, 0.05) is 12.3 Å². The number of anilines is 1. The van der Waals surface area contributed by atoms with Crippen LogP contribution in [0.2, 0.25) is 0 Å². The minimum Gasteiger partial charge on any atom is -0.458 e. The van der Waals surface area contributed by atoms with Gasteiger partial charge in [-0.2, -0.15) is 0 Å². The number of carbonyl (C=O) groups is 3. The maximum atomic E-state index is 13.1. The summed E-state index contributed by atoms with van der Waals surface area (Å²) in [5.74, 6) is -0.312. The van der Waals surface area contributed by atoms with Gasteiger partial charge >= 0.3 is 0 Å². The predicted octanol–water partition coefficient (Wildman–Crippen LogP) is 2.48. The van der Waals surface area contributed by atoms with Crippen LogP contribution in [-0.4, -0.2) is 29.3 Å². The summed E-state index contributed by atoms with van der Waals surface area (Å²) in [7, 11) is 0. The molecule has 0 aliphatic heterocycles. The van der Waals surface area contributed by atoms with Gasteiger partial charge in [0.25, 0.3) is 0 Å². The van der Waals surface area contributed by atoms with Crippen molar-refractivity contribution in [3.05, 3.63) is 58.9 Å². The van der Waals surface area contributed by atoms with Crippen LogP contribution in [-0.2, 0) is 27.3 Å². The zero-order valence-corrected chi connectivity index (χ0v) is 16.8. The molecule has 0 saturated carbocycles. The van der Waals surface area contributed by atoms with Crippen molar-refractivity contribution in [1.82, 2.24) is 15.6 Å². The van der Waals surface area contributed by atoms with E-state index >= 15 is 0 Å². The minimum absolute atomic E-state index is 0.0221. The van der Waals surface area contributed by atoms with E-state index in [4.69, 9.17) is 4.42 Å². The first-order valence-electron chi connectivity index (χ1n) is 8.99. The summed E-state index contributed by atoms with van der Waals surface area (Å²) in [5.41, 5.74) is 1.06. The Bertz CT molecular complexity index is 1060. The molecule has 0 aliphatic carbocycles. The van der Waals surface area contributed by atoms with E-state index in [0.29, 0.717) is 27.9 Å². The second-order valence-corrected chi connectivity index (χ2v) is 7.20. The fourth-order valence-electron chi connectivity index (χ4n) is 2.50. The van der Waals surface area contributed by atoms with Crippen LogP contribution in [0.1, 0.15) is 18.2 Å². The molecule has 10 heteroatoms. The summed E-state index contributed by atoms with van der Waals surface area (Å²) in [4.78, 5) is 39.2. The highest BCUT2D eigenvalue weighted by molar-refractivity contribution is 7.14. The minimum atomic E-state index is -0.436. The summed E-state index contributed by atoms with van der Waals surface area (Å²) in [5, 5.41) is 9.80. The van der Waals surface area contributed by atoms with Gasteiger partial charge in [-0.15, -0.1) is 11.3 Å². The number of thiazole rings is 1. The van der Waals surface area contributed by atoms with Crippen LogP contribution in [0.5, 0.6) is 0 Å². The van der Waals surface area contributed by atoms with Crippen LogP contribution in [0.25, 0.3) is 11.5 Å². The summed E-state index contributed by atoms with van der Waals surface area (Å²) >= 11 is 1.21. The fourth-order valence-corrected chi connectivity index (χ4v) is 3.22. The van der Waals surface area contributed by atoms with Gasteiger partial charge in [-0.1, -0.05) is 12.1 Å². The van der Waals surface area contributed by atoms with Gasteiger partial charge in [0.1, 0.15) is 17.3 Å². The first kappa shape index (κ1) is 21.2. The second kappa shape index (κ2) is 9.79. The Balaban J connectivity index is 1.47. The van der Waals surface area contributed by atoms with Crippen LogP contribution >= 0.6 is 11.3 Å². The third-order valence-corrected chi connectivity index (χ3v) is 4.63. The molecule has 3 N–H and O–H groups in total. The number of rotatable bonds is 8. The van der Waals surface area contributed by atoms with E-state index < -0.39 is 17.6 Å². The lowest BCUT2D eigenvalue weighted by Crippen LogP contribution is -2.33. The molecule has 0 unspecified atom stereocenters. The third-order valence-electron chi connectivity index (χ3n) is 3.88. The predicted molar refractivity (Wildman–Crippen MR) is 109 cm³/mol. The SMILES string of the molecule is CC(=O)NCc1ccc(-c2csc(NC(=O)CNC(=O)Cc3cccc(F)c3)n2)o1. The topological polar surface area (TPSA) is 113 Å². The molecule has 0 aliphatic rings. The third kappa shape index (κ3) is 6.24. The molecule has 0 fully saturated rings. The van der Waals surface area contributed by atoms with Crippen LogP contribution in [0.15, 0.2) is 46.2 Å². The molecule has 0 bridgehead atoms. The van der Waals surface area contributed by atoms with E-state index in [9.17, 15) is 18.8 Å². The van der Waals surface area contributed by atoms with E-state index in [2.05, 4.69) is 20.9 Å². The first-order valence-corrected chi connectivity index (χ1v) is 9.87. The molecule has 0 atom stereocenters. The average molecular weight is 430 g/mol. The largest absolute Gasteiger partial charge is 0.458 e. The Kier molecular flexibility index (Phi) is 6.91. The maximum absolute atomic E-state index is 13.1. The monoisotopic (exact) mass is 430 g/mol. The Morgan fingerprint density at radius 1 is 1.13 bits per heavy atom. The molecule has 30 heavy (non-hydrogen) atoms. The highest BCUT2D eigenvalue weighted by atomic mass is 32.1. The number of hydrogen-bond donors (Lipinski definition) is 3. The van der Waals surface area contributed by atoms with Gasteiger partial charge in [0.15, 0.2) is 10.9 Å². The van der Waals surface area contributed by atoms with Crippen molar-refractivity contribution < 1.29 is 23.2 Å². The summed E-state index contributed by atoms with van der Waals surface area (Å²) in [6, 6.07) is 9.18. The number of amides is 3. The molecule has 0 radical (unpaired) electrons. The number of furan rings is 1. The smallest absolute Gasteiger partial charge is 0.245 e. The highest BCUT2D eigenvalue weighted by Crippen LogP contribution is 2.26. The normalized spacial score (nSPS) is 10.5. The summed E-state index contributed by atoms with van der Waals surface area (Å²) < 4.78 is 18.8. The molecule has 2 heterocycles. The van der Waals surface area contributed by atoms with Crippen LogP contribution in [0, 0.1) is 5.82 Å². The second-order valence-electron chi connectivity index (χ2n) is 6.35. The summed E-state index contributed by atoms with van der Waals surface area (Å²) in [6.45, 7) is 1.46. The Labute approximate surface area is 175 Å². The number of nitrogens with zero attached hydrogens (tertiary/aromatic N) is 1. The zero-order valence-electron chi connectivity index (χ0n) is 16.0. The van der Waals surface area contributed by atoms with E-state index in [-0.39, 0.29) is 25.4 Å². The molecular weight excluding hydrogens is 411 g/mol. The molecule has 3 aromatic rings. The Morgan fingerprint density at radius 3 is 2.73 bits per heavy atom. The molecule has 156 valence electrons. The van der Waals surface area contributed by atoms with Gasteiger partial charge in [0.2, 0.25) is 17.7 Å². The molecule has 0 spiro atoms. The first-order chi connectivity index (χ1) is 14.4. The van der Waals surface area contributed by atoms with E-state index in [1.54, 1.807) is 23.6 Å². The number of hydrogen-bond acceptors (Lipinski definition) is 6. The van der Waals surface area contributed by atoms with Crippen LogP contribution in [0.4, 0.5) is 9.52 Å². The van der Waals surface area contributed by atoms with Crippen molar-refractivity contribution in [3.8, 4) is 11.5 Å². The number of aromatic nitrogens is 1. The lowest BCUT2D eigenvalue weighted by molar-refractivity contribution is -0.123. The lowest BCUT2D eigenvalue weighted by Gasteiger charge is -2.05. The van der Waals surface area contributed by atoms with Gasteiger partial charge in [-0.3, -0.25) is 14.4 Å². The number of carbonyl (C=O) groups excluding carboxylic acids is 3. The quantitative estimate of drug-likeness (QED) is 0.508. The fraction of sp³-hybridized carbons (Fsp3) is 0.200. The Hall–Kier alpha value is -3.53. The van der Waals surface area contributed by atoms with Crippen LogP contribution < -0.4 is 16.0 Å². The number of benzene rings is 1. The van der Waals surface area contributed by atoms with Crippen molar-refractivity contribution in [1.29, 1.82) is 0 Å². The molecule has 2 aromatic heterocycles. The van der Waals surface area contributed by atoms with E-state index in [0.717, 1.165) is 0 Å². The van der Waals surface area contributed by atoms with E-state index in [1.807, 2.05) is 0 Å². The van der Waals surface area contributed by atoms with Crippen molar-refractivity contribution in [2.24, 2.45) is 0 Å². The van der Waals surface area contributed by atoms with Gasteiger partial charge < -0.3 is 20.4 Å². The lowest BCUT2D eigenvalue weighted by atomic mass is 10.1. The van der Waals surface area contributed by atoms with Gasteiger partial charge in [-0.25, -0.2) is 9.37 Å². The summed E-state index contributed by atoms with van der Waals surface area (Å²) in [6.07, 6.45) is -0.0221. The molecule has 3 amide bonds. The zero-order chi connectivity index (χ0) is 21.5. The average Bonchev–Trinajstić information content (AvgIpc) is 3.34.